The molecule has 0 atom stereocenters. The molecule has 5 heteroatoms. The third kappa shape index (κ3) is 4.14. The van der Waals surface area contributed by atoms with Gasteiger partial charge in [0.05, 0.1) is 12.0 Å². The van der Waals surface area contributed by atoms with Crippen LogP contribution in [0.3, 0.4) is 0 Å². The van der Waals surface area contributed by atoms with Gasteiger partial charge in [0.1, 0.15) is 5.82 Å². The van der Waals surface area contributed by atoms with Gasteiger partial charge in [0.15, 0.2) is 0 Å². The number of nitrogens with zero attached hydrogens (tertiary/aromatic N) is 2. The minimum absolute atomic E-state index is 0.432. The third-order valence-corrected chi connectivity index (χ3v) is 2.78. The summed E-state index contributed by atoms with van der Waals surface area (Å²) < 4.78 is 1.90. The van der Waals surface area contributed by atoms with Crippen molar-refractivity contribution < 1.29 is 9.90 Å². The first-order chi connectivity index (χ1) is 8.33. The van der Waals surface area contributed by atoms with E-state index in [-0.39, 0.29) is 0 Å². The first-order valence-corrected chi connectivity index (χ1v) is 6.27. The Morgan fingerprint density at radius 1 is 1.56 bits per heavy atom. The summed E-state index contributed by atoms with van der Waals surface area (Å²) in [5, 5.41) is 12.4. The molecule has 0 saturated heterocycles. The van der Waals surface area contributed by atoms with Crippen molar-refractivity contribution in [1.82, 2.24) is 14.9 Å². The fraction of sp³-hybridized carbons (Fsp3) is 0.692. The molecule has 1 aromatic heterocycles. The van der Waals surface area contributed by atoms with Crippen molar-refractivity contribution in [1.29, 1.82) is 0 Å². The highest BCUT2D eigenvalue weighted by Crippen LogP contribution is 2.19. The maximum absolute atomic E-state index is 11.1. The van der Waals surface area contributed by atoms with E-state index >= 15 is 0 Å². The number of aliphatic carboxylic acids is 1. The minimum atomic E-state index is -0.794. The van der Waals surface area contributed by atoms with E-state index in [9.17, 15) is 4.79 Å². The molecule has 0 radical (unpaired) electrons. The van der Waals surface area contributed by atoms with E-state index in [1.807, 2.05) is 10.8 Å². The Balaban J connectivity index is 2.62. The van der Waals surface area contributed by atoms with Gasteiger partial charge in [-0.1, -0.05) is 13.8 Å². The Morgan fingerprint density at radius 2 is 2.22 bits per heavy atom. The normalized spacial score (nSPS) is 12.1. The van der Waals surface area contributed by atoms with E-state index in [2.05, 4.69) is 24.1 Å². The summed E-state index contributed by atoms with van der Waals surface area (Å²) in [5.41, 5.74) is -0.784. The second-order valence-corrected chi connectivity index (χ2v) is 5.69. The molecule has 18 heavy (non-hydrogen) atoms. The summed E-state index contributed by atoms with van der Waals surface area (Å²) in [5.74, 6) is 0.672. The lowest BCUT2D eigenvalue weighted by atomic mass is 9.94. The largest absolute Gasteiger partial charge is 0.481 e. The van der Waals surface area contributed by atoms with Crippen molar-refractivity contribution in [2.45, 2.75) is 40.8 Å². The number of nitrogens with one attached hydrogen (secondary N) is 1. The third-order valence-electron chi connectivity index (χ3n) is 2.78. The van der Waals surface area contributed by atoms with Crippen LogP contribution in [0.5, 0.6) is 0 Å². The van der Waals surface area contributed by atoms with Crippen molar-refractivity contribution in [3.63, 3.8) is 0 Å². The summed E-state index contributed by atoms with van der Waals surface area (Å²) in [4.78, 5) is 15.4. The van der Waals surface area contributed by atoms with Crippen LogP contribution in [0.25, 0.3) is 0 Å². The maximum Gasteiger partial charge on any atom is 0.310 e. The number of imidazole rings is 1. The highest BCUT2D eigenvalue weighted by Gasteiger charge is 2.28. The Morgan fingerprint density at radius 3 is 2.78 bits per heavy atom. The average molecular weight is 253 g/mol. The maximum atomic E-state index is 11.1. The van der Waals surface area contributed by atoms with Gasteiger partial charge in [-0.15, -0.1) is 0 Å². The molecule has 102 valence electrons. The Bertz CT molecular complexity index is 397. The first-order valence-electron chi connectivity index (χ1n) is 6.27. The fourth-order valence-electron chi connectivity index (χ4n) is 1.62. The molecule has 0 aromatic carbocycles. The topological polar surface area (TPSA) is 67.2 Å². The quantitative estimate of drug-likeness (QED) is 0.776. The number of carboxylic acids is 1. The van der Waals surface area contributed by atoms with Crippen molar-refractivity contribution in [3.8, 4) is 0 Å². The van der Waals surface area contributed by atoms with Crippen LogP contribution in [0.2, 0.25) is 0 Å². The van der Waals surface area contributed by atoms with Crippen LogP contribution in [-0.2, 0) is 17.9 Å². The Labute approximate surface area is 108 Å². The van der Waals surface area contributed by atoms with E-state index in [4.69, 9.17) is 5.11 Å². The van der Waals surface area contributed by atoms with Crippen LogP contribution in [0.15, 0.2) is 12.4 Å². The van der Waals surface area contributed by atoms with Crippen LogP contribution in [-0.4, -0.2) is 27.2 Å². The Hall–Kier alpha value is -1.36. The minimum Gasteiger partial charge on any atom is -0.481 e. The summed E-state index contributed by atoms with van der Waals surface area (Å²) in [6, 6.07) is 0. The fourth-order valence-corrected chi connectivity index (χ4v) is 1.62. The van der Waals surface area contributed by atoms with Crippen LogP contribution >= 0.6 is 0 Å². The number of carboxylic acid groups (broad SMARTS) is 1. The monoisotopic (exact) mass is 253 g/mol. The molecule has 1 aromatic rings. The van der Waals surface area contributed by atoms with Gasteiger partial charge in [-0.3, -0.25) is 4.79 Å². The smallest absolute Gasteiger partial charge is 0.310 e. The molecule has 0 bridgehead atoms. The lowest BCUT2D eigenvalue weighted by Crippen LogP contribution is -2.30. The van der Waals surface area contributed by atoms with Gasteiger partial charge in [0.25, 0.3) is 0 Å². The van der Waals surface area contributed by atoms with Crippen molar-refractivity contribution in [3.05, 3.63) is 18.2 Å². The number of hydrogen-bond donors (Lipinski definition) is 2. The standard InChI is InChI=1S/C13H23N3O2/c1-10(2)7-14-8-11-15-5-6-16(11)9-13(3,4)12(17)18/h5-6,10,14H,7-9H2,1-4H3,(H,17,18). The average Bonchev–Trinajstić information content (AvgIpc) is 2.64. The van der Waals surface area contributed by atoms with Gasteiger partial charge in [-0.2, -0.15) is 0 Å². The molecule has 1 heterocycles. The molecular formula is C13H23N3O2. The second-order valence-electron chi connectivity index (χ2n) is 5.69. The predicted octanol–water partition coefficient (Wildman–Crippen LogP) is 1.74. The highest BCUT2D eigenvalue weighted by atomic mass is 16.4. The van der Waals surface area contributed by atoms with Crippen LogP contribution < -0.4 is 5.32 Å². The lowest BCUT2D eigenvalue weighted by molar-refractivity contribution is -0.147. The molecule has 2 N–H and O–H groups in total. The molecule has 0 aliphatic carbocycles. The molecule has 0 spiro atoms. The Kier molecular flexibility index (Phi) is 4.90. The van der Waals surface area contributed by atoms with Crippen molar-refractivity contribution in [2.75, 3.05) is 6.54 Å². The van der Waals surface area contributed by atoms with E-state index in [1.54, 1.807) is 20.0 Å². The van der Waals surface area contributed by atoms with Gasteiger partial charge in [0.2, 0.25) is 0 Å². The van der Waals surface area contributed by atoms with Crippen LogP contribution in [0.1, 0.15) is 33.5 Å². The van der Waals surface area contributed by atoms with Gasteiger partial charge in [0, 0.05) is 18.9 Å². The molecular weight excluding hydrogens is 230 g/mol. The highest BCUT2D eigenvalue weighted by molar-refractivity contribution is 5.73. The van der Waals surface area contributed by atoms with Gasteiger partial charge in [-0.05, 0) is 26.3 Å². The number of rotatable bonds is 7. The molecule has 0 aliphatic rings. The van der Waals surface area contributed by atoms with Crippen molar-refractivity contribution in [2.24, 2.45) is 11.3 Å². The molecule has 0 fully saturated rings. The molecule has 0 amide bonds. The number of aromatic nitrogens is 2. The van der Waals surface area contributed by atoms with Crippen LogP contribution in [0, 0.1) is 11.3 Å². The lowest BCUT2D eigenvalue weighted by Gasteiger charge is -2.21. The first kappa shape index (κ1) is 14.7. The molecule has 0 aliphatic heterocycles. The summed E-state index contributed by atoms with van der Waals surface area (Å²) in [6.45, 7) is 9.76. The van der Waals surface area contributed by atoms with Gasteiger partial charge in [-0.25, -0.2) is 4.98 Å². The SMILES string of the molecule is CC(C)CNCc1nccn1CC(C)(C)C(=O)O. The molecule has 5 nitrogen and oxygen atoms in total. The summed E-state index contributed by atoms with van der Waals surface area (Å²) >= 11 is 0. The van der Waals surface area contributed by atoms with E-state index in [1.165, 1.54) is 0 Å². The van der Waals surface area contributed by atoms with E-state index < -0.39 is 11.4 Å². The van der Waals surface area contributed by atoms with Crippen molar-refractivity contribution >= 4 is 5.97 Å². The zero-order valence-corrected chi connectivity index (χ0v) is 11.6. The zero-order valence-electron chi connectivity index (χ0n) is 11.6. The number of carbonyl (C=O) groups is 1. The van der Waals surface area contributed by atoms with Gasteiger partial charge >= 0.3 is 5.97 Å². The second kappa shape index (κ2) is 6.00. The molecule has 0 saturated carbocycles. The summed E-state index contributed by atoms with van der Waals surface area (Å²) in [7, 11) is 0. The zero-order chi connectivity index (χ0) is 13.8. The predicted molar refractivity (Wildman–Crippen MR) is 70.2 cm³/mol. The molecule has 1 rings (SSSR count). The van der Waals surface area contributed by atoms with E-state index in [0.29, 0.717) is 19.0 Å². The van der Waals surface area contributed by atoms with E-state index in [0.717, 1.165) is 12.4 Å². The summed E-state index contributed by atoms with van der Waals surface area (Å²) in [6.07, 6.45) is 3.54. The van der Waals surface area contributed by atoms with Gasteiger partial charge < -0.3 is 15.0 Å². The van der Waals surface area contributed by atoms with Crippen LogP contribution in [0.4, 0.5) is 0 Å². The number of hydrogen-bond acceptors (Lipinski definition) is 3. The molecule has 0 unspecified atom stereocenters.